The van der Waals surface area contributed by atoms with Gasteiger partial charge in [0.25, 0.3) is 0 Å². The number of halogens is 2. The summed E-state index contributed by atoms with van der Waals surface area (Å²) < 4.78 is 19.3. The fourth-order valence-electron chi connectivity index (χ4n) is 1.89. The van der Waals surface area contributed by atoms with E-state index in [1.54, 1.807) is 12.1 Å². The van der Waals surface area contributed by atoms with Crippen molar-refractivity contribution in [3.05, 3.63) is 57.7 Å². The average Bonchev–Trinajstić information content (AvgIpc) is 2.77. The van der Waals surface area contributed by atoms with Crippen LogP contribution in [0.15, 0.2) is 39.2 Å². The molecule has 0 bridgehead atoms. The second-order valence-electron chi connectivity index (χ2n) is 4.24. The molecule has 0 fully saturated rings. The molecule has 2 nitrogen and oxygen atoms in total. The van der Waals surface area contributed by atoms with Crippen molar-refractivity contribution in [3.8, 4) is 0 Å². The van der Waals surface area contributed by atoms with E-state index in [2.05, 4.69) is 21.2 Å². The lowest BCUT2D eigenvalue weighted by molar-refractivity contribution is 0.414. The van der Waals surface area contributed by atoms with Crippen LogP contribution in [0.2, 0.25) is 0 Å². The van der Waals surface area contributed by atoms with Gasteiger partial charge in [-0.3, -0.25) is 0 Å². The lowest BCUT2D eigenvalue weighted by Crippen LogP contribution is -2.18. The second-order valence-corrected chi connectivity index (χ2v) is 5.10. The summed E-state index contributed by atoms with van der Waals surface area (Å²) in [5, 5.41) is 3.21. The van der Waals surface area contributed by atoms with Crippen molar-refractivity contribution in [1.82, 2.24) is 5.32 Å². The molecular formula is C14H15BrFNO. The quantitative estimate of drug-likeness (QED) is 0.923. The predicted octanol–water partition coefficient (Wildman–Crippen LogP) is 3.99. The van der Waals surface area contributed by atoms with Crippen molar-refractivity contribution in [2.75, 3.05) is 7.05 Å². The molecule has 18 heavy (non-hydrogen) atoms. The Hall–Kier alpha value is -1.13. The van der Waals surface area contributed by atoms with Gasteiger partial charge in [0.2, 0.25) is 0 Å². The van der Waals surface area contributed by atoms with Crippen molar-refractivity contribution >= 4 is 15.9 Å². The third kappa shape index (κ3) is 3.00. The number of furan rings is 1. The van der Waals surface area contributed by atoms with Crippen LogP contribution in [-0.2, 0) is 6.42 Å². The van der Waals surface area contributed by atoms with E-state index in [9.17, 15) is 4.39 Å². The summed E-state index contributed by atoms with van der Waals surface area (Å²) in [4.78, 5) is 0. The second kappa shape index (κ2) is 5.67. The van der Waals surface area contributed by atoms with E-state index in [1.165, 1.54) is 6.07 Å². The summed E-state index contributed by atoms with van der Waals surface area (Å²) in [6.45, 7) is 1.92. The molecule has 0 saturated carbocycles. The van der Waals surface area contributed by atoms with Gasteiger partial charge in [-0.15, -0.1) is 0 Å². The molecule has 0 spiro atoms. The van der Waals surface area contributed by atoms with Crippen molar-refractivity contribution in [1.29, 1.82) is 0 Å². The Morgan fingerprint density at radius 1 is 1.33 bits per heavy atom. The summed E-state index contributed by atoms with van der Waals surface area (Å²) in [7, 11) is 1.89. The Morgan fingerprint density at radius 3 is 2.67 bits per heavy atom. The maximum absolute atomic E-state index is 13.2. The number of hydrogen-bond donors (Lipinski definition) is 1. The van der Waals surface area contributed by atoms with Gasteiger partial charge in [-0.2, -0.15) is 0 Å². The van der Waals surface area contributed by atoms with Gasteiger partial charge in [0.1, 0.15) is 17.3 Å². The van der Waals surface area contributed by atoms with E-state index < -0.39 is 0 Å². The molecule has 0 aliphatic rings. The smallest absolute Gasteiger partial charge is 0.137 e. The lowest BCUT2D eigenvalue weighted by atomic mass is 10.0. The zero-order valence-corrected chi connectivity index (χ0v) is 11.9. The van der Waals surface area contributed by atoms with Crippen molar-refractivity contribution in [2.24, 2.45) is 0 Å². The maximum atomic E-state index is 13.2. The minimum Gasteiger partial charge on any atom is -0.465 e. The normalized spacial score (nSPS) is 12.7. The molecule has 0 radical (unpaired) electrons. The Balaban J connectivity index is 2.17. The van der Waals surface area contributed by atoms with Crippen molar-refractivity contribution in [2.45, 2.75) is 19.4 Å². The summed E-state index contributed by atoms with van der Waals surface area (Å²) in [6.07, 6.45) is 0.752. The molecule has 0 aliphatic heterocycles. The first-order valence-electron chi connectivity index (χ1n) is 5.77. The number of likely N-dealkylation sites (N-methyl/N-ethyl adjacent to an activating group) is 1. The molecule has 1 unspecified atom stereocenters. The van der Waals surface area contributed by atoms with Gasteiger partial charge in [0, 0.05) is 0 Å². The zero-order valence-electron chi connectivity index (χ0n) is 10.3. The molecule has 1 N–H and O–H groups in total. The van der Waals surface area contributed by atoms with E-state index in [1.807, 2.05) is 26.1 Å². The van der Waals surface area contributed by atoms with Crippen molar-refractivity contribution in [3.63, 3.8) is 0 Å². The number of nitrogens with one attached hydrogen (secondary N) is 1. The molecule has 4 heteroatoms. The molecule has 0 aliphatic carbocycles. The van der Waals surface area contributed by atoms with E-state index in [0.29, 0.717) is 4.47 Å². The first-order chi connectivity index (χ1) is 8.60. The molecule has 1 heterocycles. The van der Waals surface area contributed by atoms with E-state index >= 15 is 0 Å². The summed E-state index contributed by atoms with van der Waals surface area (Å²) in [5.74, 6) is 1.55. The maximum Gasteiger partial charge on any atom is 0.137 e. The number of aryl methyl sites for hydroxylation is 1. The largest absolute Gasteiger partial charge is 0.465 e. The number of hydrogen-bond acceptors (Lipinski definition) is 2. The fraction of sp³-hybridized carbons (Fsp3) is 0.286. The Bertz CT molecular complexity index is 538. The third-order valence-electron chi connectivity index (χ3n) is 2.88. The lowest BCUT2D eigenvalue weighted by Gasteiger charge is -2.14. The minimum absolute atomic E-state index is 0.0936. The van der Waals surface area contributed by atoms with Crippen LogP contribution in [0.5, 0.6) is 0 Å². The molecule has 2 aromatic rings. The Morgan fingerprint density at radius 2 is 2.11 bits per heavy atom. The minimum atomic E-state index is -0.242. The van der Waals surface area contributed by atoms with Crippen LogP contribution in [0.1, 0.15) is 23.1 Å². The SMILES string of the molecule is CNC(Cc1ccc(F)c(Br)c1)c1ccc(C)o1. The van der Waals surface area contributed by atoms with Gasteiger partial charge in [-0.25, -0.2) is 4.39 Å². The van der Waals surface area contributed by atoms with Crippen LogP contribution in [0.25, 0.3) is 0 Å². The van der Waals surface area contributed by atoms with Gasteiger partial charge < -0.3 is 9.73 Å². The summed E-state index contributed by atoms with van der Waals surface area (Å²) >= 11 is 3.20. The number of benzene rings is 1. The standard InChI is InChI=1S/C14H15BrFNO/c1-9-3-6-14(18-9)13(17-2)8-10-4-5-12(16)11(15)7-10/h3-7,13,17H,8H2,1-2H3. The van der Waals surface area contributed by atoms with Crippen LogP contribution in [0.3, 0.4) is 0 Å². The van der Waals surface area contributed by atoms with Crippen LogP contribution < -0.4 is 5.32 Å². The summed E-state index contributed by atoms with van der Waals surface area (Å²) in [5.41, 5.74) is 1.05. The molecular weight excluding hydrogens is 297 g/mol. The van der Waals surface area contributed by atoms with Crippen LogP contribution in [0, 0.1) is 12.7 Å². The molecule has 1 aromatic carbocycles. The van der Waals surface area contributed by atoms with Gasteiger partial charge in [-0.05, 0) is 66.2 Å². The molecule has 0 saturated heterocycles. The fourth-order valence-corrected chi connectivity index (χ4v) is 2.31. The highest BCUT2D eigenvalue weighted by atomic mass is 79.9. The zero-order chi connectivity index (χ0) is 13.1. The molecule has 96 valence electrons. The van der Waals surface area contributed by atoms with Gasteiger partial charge >= 0.3 is 0 Å². The molecule has 1 atom stereocenters. The van der Waals surface area contributed by atoms with Gasteiger partial charge in [0.05, 0.1) is 10.5 Å². The Labute approximate surface area is 114 Å². The highest BCUT2D eigenvalue weighted by molar-refractivity contribution is 9.10. The van der Waals surface area contributed by atoms with E-state index in [-0.39, 0.29) is 11.9 Å². The molecule has 2 rings (SSSR count). The third-order valence-corrected chi connectivity index (χ3v) is 3.48. The topological polar surface area (TPSA) is 25.2 Å². The van der Waals surface area contributed by atoms with Crippen LogP contribution >= 0.6 is 15.9 Å². The predicted molar refractivity (Wildman–Crippen MR) is 73.0 cm³/mol. The van der Waals surface area contributed by atoms with Crippen molar-refractivity contribution < 1.29 is 8.81 Å². The molecule has 0 amide bonds. The van der Waals surface area contributed by atoms with E-state index in [0.717, 1.165) is 23.5 Å². The first kappa shape index (κ1) is 13.3. The number of rotatable bonds is 4. The average molecular weight is 312 g/mol. The summed E-state index contributed by atoms with van der Waals surface area (Å²) in [6, 6.07) is 9.07. The molecule has 1 aromatic heterocycles. The highest BCUT2D eigenvalue weighted by Crippen LogP contribution is 2.23. The first-order valence-corrected chi connectivity index (χ1v) is 6.57. The van der Waals surface area contributed by atoms with Crippen LogP contribution in [-0.4, -0.2) is 7.05 Å². The van der Waals surface area contributed by atoms with E-state index in [4.69, 9.17) is 4.42 Å². The monoisotopic (exact) mass is 311 g/mol. The highest BCUT2D eigenvalue weighted by Gasteiger charge is 2.14. The van der Waals surface area contributed by atoms with Crippen LogP contribution in [0.4, 0.5) is 4.39 Å². The van der Waals surface area contributed by atoms with Gasteiger partial charge in [-0.1, -0.05) is 6.07 Å². The Kier molecular flexibility index (Phi) is 4.19. The van der Waals surface area contributed by atoms with Gasteiger partial charge in [0.15, 0.2) is 0 Å².